The lowest BCUT2D eigenvalue weighted by Gasteiger charge is -2.17. The molecule has 3 aromatic rings. The summed E-state index contributed by atoms with van der Waals surface area (Å²) in [5.41, 5.74) is 4.40. The van der Waals surface area contributed by atoms with Crippen LogP contribution < -0.4 is 10.6 Å². The molecule has 20 heavy (non-hydrogen) atoms. The van der Waals surface area contributed by atoms with E-state index in [4.69, 9.17) is 0 Å². The maximum Gasteiger partial charge on any atom is 0.139 e. The molecule has 102 valence electrons. The van der Waals surface area contributed by atoms with E-state index in [-0.39, 0.29) is 0 Å². The Hall–Kier alpha value is -2.27. The quantitative estimate of drug-likeness (QED) is 0.589. The van der Waals surface area contributed by atoms with Gasteiger partial charge in [-0.05, 0) is 25.1 Å². The first-order valence-electron chi connectivity index (χ1n) is 6.98. The zero-order valence-corrected chi connectivity index (χ0v) is 11.1. The molecular formula is C15H17N5. The normalized spacial score (nSPS) is 18.7. The molecule has 0 aromatic carbocycles. The van der Waals surface area contributed by atoms with Crippen LogP contribution in [-0.4, -0.2) is 34.1 Å². The minimum Gasteiger partial charge on any atom is -0.380 e. The van der Waals surface area contributed by atoms with E-state index in [0.29, 0.717) is 6.04 Å². The van der Waals surface area contributed by atoms with Crippen molar-refractivity contribution in [1.82, 2.24) is 20.3 Å². The zero-order chi connectivity index (χ0) is 13.4. The van der Waals surface area contributed by atoms with Crippen LogP contribution in [0.4, 0.5) is 5.69 Å². The Morgan fingerprint density at radius 1 is 1.25 bits per heavy atom. The number of fused-ring (bicyclic) bond motifs is 1. The topological polar surface area (TPSA) is 68.5 Å². The van der Waals surface area contributed by atoms with Gasteiger partial charge in [0.05, 0.1) is 5.69 Å². The predicted octanol–water partition coefficient (Wildman–Crippen LogP) is 2.33. The van der Waals surface area contributed by atoms with E-state index < -0.39 is 0 Å². The van der Waals surface area contributed by atoms with Crippen LogP contribution in [0.5, 0.6) is 0 Å². The van der Waals surface area contributed by atoms with E-state index >= 15 is 0 Å². The molecule has 1 atom stereocenters. The molecule has 0 unspecified atom stereocenters. The van der Waals surface area contributed by atoms with Crippen molar-refractivity contribution in [3.05, 3.63) is 36.9 Å². The summed E-state index contributed by atoms with van der Waals surface area (Å²) >= 11 is 0. The van der Waals surface area contributed by atoms with Crippen LogP contribution in [0.2, 0.25) is 0 Å². The molecule has 3 aromatic heterocycles. The Bertz CT molecular complexity index is 707. The molecule has 0 saturated carbocycles. The van der Waals surface area contributed by atoms with E-state index in [9.17, 15) is 0 Å². The van der Waals surface area contributed by atoms with Gasteiger partial charge in [0.15, 0.2) is 0 Å². The van der Waals surface area contributed by atoms with Crippen LogP contribution in [0, 0.1) is 0 Å². The second-order valence-electron chi connectivity index (χ2n) is 5.22. The van der Waals surface area contributed by atoms with Crippen molar-refractivity contribution in [2.45, 2.75) is 12.5 Å². The van der Waals surface area contributed by atoms with Crippen LogP contribution in [0.15, 0.2) is 36.9 Å². The van der Waals surface area contributed by atoms with E-state index in [1.165, 1.54) is 5.69 Å². The first-order valence-corrected chi connectivity index (χ1v) is 6.98. The number of nitrogens with one attached hydrogen (secondary N) is 4. The van der Waals surface area contributed by atoms with Gasteiger partial charge in [-0.2, -0.15) is 0 Å². The molecule has 4 rings (SSSR count). The van der Waals surface area contributed by atoms with Gasteiger partial charge in [-0.25, -0.2) is 4.98 Å². The molecule has 5 nitrogen and oxygen atoms in total. The van der Waals surface area contributed by atoms with Crippen LogP contribution in [-0.2, 0) is 0 Å². The van der Waals surface area contributed by atoms with Crippen molar-refractivity contribution in [2.75, 3.05) is 18.4 Å². The Kier molecular flexibility index (Phi) is 2.70. The number of aromatic amines is 2. The lowest BCUT2D eigenvalue weighted by atomic mass is 10.1. The Morgan fingerprint density at radius 2 is 2.25 bits per heavy atom. The molecule has 0 bridgehead atoms. The highest BCUT2D eigenvalue weighted by molar-refractivity contribution is 5.98. The summed E-state index contributed by atoms with van der Waals surface area (Å²) in [6, 6.07) is 4.64. The van der Waals surface area contributed by atoms with E-state index in [1.54, 1.807) is 0 Å². The molecule has 4 N–H and O–H groups in total. The fourth-order valence-corrected chi connectivity index (χ4v) is 2.86. The fourth-order valence-electron chi connectivity index (χ4n) is 2.86. The molecule has 1 saturated heterocycles. The third-order valence-corrected chi connectivity index (χ3v) is 3.90. The van der Waals surface area contributed by atoms with Gasteiger partial charge < -0.3 is 20.6 Å². The van der Waals surface area contributed by atoms with E-state index in [2.05, 4.69) is 37.7 Å². The fraction of sp³-hybridized carbons (Fsp3) is 0.267. The first-order chi connectivity index (χ1) is 9.92. The standard InChI is InChI=1S/C15H17N5/c1-4-16-7-10(1)13-9-19-15-12(3-6-18-15)14(13)20-11-2-5-17-8-11/h1,3-4,6-7,9,11,16-17H,2,5,8H2,(H2,18,19,20)/t11-/m0/s1. The van der Waals surface area contributed by atoms with Crippen molar-refractivity contribution in [3.8, 4) is 11.1 Å². The van der Waals surface area contributed by atoms with Crippen molar-refractivity contribution >= 4 is 16.7 Å². The highest BCUT2D eigenvalue weighted by atomic mass is 15.0. The number of anilines is 1. The molecule has 5 heteroatoms. The molecule has 4 heterocycles. The summed E-state index contributed by atoms with van der Waals surface area (Å²) in [7, 11) is 0. The van der Waals surface area contributed by atoms with Gasteiger partial charge >= 0.3 is 0 Å². The second kappa shape index (κ2) is 4.68. The summed E-state index contributed by atoms with van der Waals surface area (Å²) < 4.78 is 0. The molecule has 1 aliphatic rings. The number of aromatic nitrogens is 3. The first kappa shape index (κ1) is 11.5. The summed E-state index contributed by atoms with van der Waals surface area (Å²) in [5, 5.41) is 8.24. The predicted molar refractivity (Wildman–Crippen MR) is 80.8 cm³/mol. The van der Waals surface area contributed by atoms with Gasteiger partial charge in [0.1, 0.15) is 5.65 Å². The van der Waals surface area contributed by atoms with E-state index in [1.807, 2.05) is 24.8 Å². The smallest absolute Gasteiger partial charge is 0.139 e. The molecular weight excluding hydrogens is 250 g/mol. The third-order valence-electron chi connectivity index (χ3n) is 3.90. The molecule has 0 radical (unpaired) electrons. The van der Waals surface area contributed by atoms with Gasteiger partial charge in [-0.1, -0.05) is 0 Å². The maximum absolute atomic E-state index is 4.51. The maximum atomic E-state index is 4.51. The van der Waals surface area contributed by atoms with Crippen molar-refractivity contribution in [3.63, 3.8) is 0 Å². The molecule has 0 aliphatic carbocycles. The lowest BCUT2D eigenvalue weighted by Crippen LogP contribution is -2.22. The summed E-state index contributed by atoms with van der Waals surface area (Å²) in [6.07, 6.45) is 8.98. The summed E-state index contributed by atoms with van der Waals surface area (Å²) in [6.45, 7) is 2.10. The van der Waals surface area contributed by atoms with Crippen molar-refractivity contribution in [1.29, 1.82) is 0 Å². The zero-order valence-electron chi connectivity index (χ0n) is 11.1. The summed E-state index contributed by atoms with van der Waals surface area (Å²) in [5.74, 6) is 0. The molecule has 0 spiro atoms. The monoisotopic (exact) mass is 267 g/mol. The van der Waals surface area contributed by atoms with Gasteiger partial charge in [0, 0.05) is 53.9 Å². The molecule has 1 fully saturated rings. The number of pyridine rings is 1. The average Bonchev–Trinajstić information content (AvgIpc) is 3.21. The highest BCUT2D eigenvalue weighted by Crippen LogP contribution is 2.33. The summed E-state index contributed by atoms with van der Waals surface area (Å²) in [4.78, 5) is 10.8. The number of hydrogen-bond donors (Lipinski definition) is 4. The van der Waals surface area contributed by atoms with Crippen LogP contribution >= 0.6 is 0 Å². The number of hydrogen-bond acceptors (Lipinski definition) is 3. The molecule has 0 amide bonds. The average molecular weight is 267 g/mol. The SMILES string of the molecule is c1cc(-c2cnc3[nH]ccc3c2N[C@H]2CCNC2)c[nH]1. The Balaban J connectivity index is 1.84. The minimum atomic E-state index is 0.480. The minimum absolute atomic E-state index is 0.480. The lowest BCUT2D eigenvalue weighted by molar-refractivity contribution is 0.795. The Morgan fingerprint density at radius 3 is 3.05 bits per heavy atom. The largest absolute Gasteiger partial charge is 0.380 e. The second-order valence-corrected chi connectivity index (χ2v) is 5.22. The molecule has 1 aliphatic heterocycles. The van der Waals surface area contributed by atoms with Gasteiger partial charge in [0.2, 0.25) is 0 Å². The van der Waals surface area contributed by atoms with Gasteiger partial charge in [-0.15, -0.1) is 0 Å². The van der Waals surface area contributed by atoms with Crippen LogP contribution in [0.1, 0.15) is 6.42 Å². The third kappa shape index (κ3) is 1.87. The number of H-pyrrole nitrogens is 2. The van der Waals surface area contributed by atoms with E-state index in [0.717, 1.165) is 41.7 Å². The Labute approximate surface area is 116 Å². The van der Waals surface area contributed by atoms with Gasteiger partial charge in [-0.3, -0.25) is 0 Å². The highest BCUT2D eigenvalue weighted by Gasteiger charge is 2.18. The van der Waals surface area contributed by atoms with Crippen molar-refractivity contribution < 1.29 is 0 Å². The number of nitrogens with zero attached hydrogens (tertiary/aromatic N) is 1. The van der Waals surface area contributed by atoms with Gasteiger partial charge in [0.25, 0.3) is 0 Å². The van der Waals surface area contributed by atoms with Crippen molar-refractivity contribution in [2.24, 2.45) is 0 Å². The van der Waals surface area contributed by atoms with Crippen LogP contribution in [0.25, 0.3) is 22.2 Å². The van der Waals surface area contributed by atoms with Crippen LogP contribution in [0.3, 0.4) is 0 Å². The number of rotatable bonds is 3.